The van der Waals surface area contributed by atoms with E-state index >= 15 is 0 Å². The van der Waals surface area contributed by atoms with E-state index in [1.165, 1.54) is 6.07 Å². The first-order valence-electron chi connectivity index (χ1n) is 6.72. The van der Waals surface area contributed by atoms with Crippen LogP contribution in [0.5, 0.6) is 0 Å². The number of sulfonamides is 1. The van der Waals surface area contributed by atoms with Gasteiger partial charge in [-0.15, -0.1) is 0 Å². The second kappa shape index (κ2) is 6.24. The third-order valence-corrected chi connectivity index (χ3v) is 5.76. The van der Waals surface area contributed by atoms with Crippen LogP contribution in [-0.4, -0.2) is 25.5 Å². The fourth-order valence-electron chi connectivity index (χ4n) is 2.60. The number of hydrogen-bond acceptors (Lipinski definition) is 5. The number of nitrogens with two attached hydrogens (primary N) is 2. The van der Waals surface area contributed by atoms with Gasteiger partial charge in [-0.3, -0.25) is 0 Å². The summed E-state index contributed by atoms with van der Waals surface area (Å²) in [5.74, 6) is 1.06. The number of anilines is 2. The lowest BCUT2D eigenvalue weighted by Gasteiger charge is -2.22. The highest BCUT2D eigenvalue weighted by molar-refractivity contribution is 7.99. The topological polar surface area (TPSA) is 98.2 Å². The van der Waals surface area contributed by atoms with Crippen LogP contribution in [0.1, 0.15) is 26.2 Å². The Morgan fingerprint density at radius 2 is 2.15 bits per heavy atom. The molecular formula is C13H21N3O2S2. The van der Waals surface area contributed by atoms with E-state index < -0.39 is 10.0 Å². The average molecular weight is 315 g/mol. The van der Waals surface area contributed by atoms with Crippen LogP contribution in [0.25, 0.3) is 0 Å². The van der Waals surface area contributed by atoms with E-state index in [9.17, 15) is 8.42 Å². The van der Waals surface area contributed by atoms with Gasteiger partial charge < -0.3 is 11.1 Å². The number of primary sulfonamides is 1. The summed E-state index contributed by atoms with van der Waals surface area (Å²) in [7, 11) is -3.78. The molecule has 0 radical (unpaired) electrons. The Morgan fingerprint density at radius 3 is 2.80 bits per heavy atom. The molecule has 1 fully saturated rings. The minimum absolute atomic E-state index is 0.0737. The molecule has 1 aromatic carbocycles. The molecule has 1 aromatic rings. The Labute approximate surface area is 124 Å². The highest BCUT2D eigenvalue weighted by atomic mass is 32.2. The molecule has 0 amide bonds. The average Bonchev–Trinajstić information content (AvgIpc) is 2.78. The fraction of sp³-hybridized carbons (Fsp3) is 0.538. The largest absolute Gasteiger partial charge is 0.399 e. The maximum atomic E-state index is 11.7. The van der Waals surface area contributed by atoms with Crippen LogP contribution in [0.15, 0.2) is 23.1 Å². The van der Waals surface area contributed by atoms with E-state index in [0.717, 1.165) is 25.0 Å². The van der Waals surface area contributed by atoms with Crippen LogP contribution in [0.3, 0.4) is 0 Å². The molecule has 1 aliphatic rings. The van der Waals surface area contributed by atoms with Crippen LogP contribution in [0, 0.1) is 0 Å². The third-order valence-electron chi connectivity index (χ3n) is 3.49. The second-order valence-corrected chi connectivity index (χ2v) is 8.02. The van der Waals surface area contributed by atoms with Gasteiger partial charge in [0.1, 0.15) is 4.90 Å². The van der Waals surface area contributed by atoms with Crippen molar-refractivity contribution in [1.29, 1.82) is 0 Å². The summed E-state index contributed by atoms with van der Waals surface area (Å²) >= 11 is 1.91. The van der Waals surface area contributed by atoms with Gasteiger partial charge in [-0.1, -0.05) is 13.3 Å². The Balaban J connectivity index is 2.25. The van der Waals surface area contributed by atoms with Crippen molar-refractivity contribution in [2.45, 2.75) is 42.4 Å². The summed E-state index contributed by atoms with van der Waals surface area (Å²) in [5, 5.41) is 9.13. The van der Waals surface area contributed by atoms with Crippen molar-refractivity contribution < 1.29 is 8.42 Å². The van der Waals surface area contributed by atoms with E-state index in [1.807, 2.05) is 11.8 Å². The second-order valence-electron chi connectivity index (χ2n) is 4.98. The summed E-state index contributed by atoms with van der Waals surface area (Å²) in [4.78, 5) is 0.0737. The quantitative estimate of drug-likeness (QED) is 0.722. The van der Waals surface area contributed by atoms with E-state index in [4.69, 9.17) is 10.9 Å². The standard InChI is InChI=1S/C13H21N3O2S2/c1-2-19-12-5-3-4-10(12)16-11-7-6-9(14)8-13(11)20(15,17)18/h6-8,10,12,16H,2-5,14H2,1H3,(H2,15,17,18). The number of hydrogen-bond donors (Lipinski definition) is 3. The number of thioether (sulfide) groups is 1. The first kappa shape index (κ1) is 15.5. The molecule has 0 aliphatic heterocycles. The predicted molar refractivity (Wildman–Crippen MR) is 85.4 cm³/mol. The summed E-state index contributed by atoms with van der Waals surface area (Å²) < 4.78 is 23.3. The maximum Gasteiger partial charge on any atom is 0.240 e. The first-order chi connectivity index (χ1) is 9.41. The smallest absolute Gasteiger partial charge is 0.240 e. The van der Waals surface area contributed by atoms with Crippen LogP contribution in [0.4, 0.5) is 11.4 Å². The first-order valence-corrected chi connectivity index (χ1v) is 9.31. The number of rotatable bonds is 5. The Bertz CT molecular complexity index is 575. The molecule has 2 atom stereocenters. The Kier molecular flexibility index (Phi) is 4.82. The molecule has 2 unspecified atom stereocenters. The van der Waals surface area contributed by atoms with Crippen molar-refractivity contribution >= 4 is 33.2 Å². The SMILES string of the molecule is CCSC1CCCC1Nc1ccc(N)cc1S(N)(=O)=O. The van der Waals surface area contributed by atoms with Crippen molar-refractivity contribution in [3.8, 4) is 0 Å². The number of nitrogens with one attached hydrogen (secondary N) is 1. The van der Waals surface area contributed by atoms with Crippen molar-refractivity contribution in [3.05, 3.63) is 18.2 Å². The monoisotopic (exact) mass is 315 g/mol. The van der Waals surface area contributed by atoms with Gasteiger partial charge >= 0.3 is 0 Å². The third kappa shape index (κ3) is 3.59. The summed E-state index contributed by atoms with van der Waals surface area (Å²) in [5.41, 5.74) is 6.60. The van der Waals surface area contributed by atoms with Crippen molar-refractivity contribution in [1.82, 2.24) is 0 Å². The van der Waals surface area contributed by atoms with Crippen LogP contribution < -0.4 is 16.2 Å². The highest BCUT2D eigenvalue weighted by Crippen LogP contribution is 2.33. The molecule has 0 bridgehead atoms. The van der Waals surface area contributed by atoms with Gasteiger partial charge in [-0.05, 0) is 36.8 Å². The van der Waals surface area contributed by atoms with E-state index in [2.05, 4.69) is 12.2 Å². The summed E-state index contributed by atoms with van der Waals surface area (Å²) in [6.07, 6.45) is 3.37. The Hall–Kier alpha value is -0.920. The zero-order chi connectivity index (χ0) is 14.8. The van der Waals surface area contributed by atoms with Crippen LogP contribution in [-0.2, 0) is 10.0 Å². The molecule has 1 saturated carbocycles. The molecule has 0 aromatic heterocycles. The number of nitrogen functional groups attached to an aromatic ring is 1. The molecule has 0 spiro atoms. The van der Waals surface area contributed by atoms with E-state index in [1.54, 1.807) is 12.1 Å². The molecule has 20 heavy (non-hydrogen) atoms. The molecule has 1 aliphatic carbocycles. The highest BCUT2D eigenvalue weighted by Gasteiger charge is 2.28. The minimum Gasteiger partial charge on any atom is -0.399 e. The number of benzene rings is 1. The van der Waals surface area contributed by atoms with E-state index in [0.29, 0.717) is 16.6 Å². The molecule has 5 N–H and O–H groups in total. The zero-order valence-electron chi connectivity index (χ0n) is 11.5. The fourth-order valence-corrected chi connectivity index (χ4v) is 4.53. The van der Waals surface area contributed by atoms with Gasteiger partial charge in [0.05, 0.1) is 5.69 Å². The minimum atomic E-state index is -3.78. The van der Waals surface area contributed by atoms with Crippen molar-refractivity contribution in [2.75, 3.05) is 16.8 Å². The van der Waals surface area contributed by atoms with Gasteiger partial charge in [-0.2, -0.15) is 11.8 Å². The molecule has 7 heteroatoms. The maximum absolute atomic E-state index is 11.7. The van der Waals surface area contributed by atoms with Crippen LogP contribution in [0.2, 0.25) is 0 Å². The lowest BCUT2D eigenvalue weighted by atomic mass is 10.2. The molecule has 112 valence electrons. The predicted octanol–water partition coefficient (Wildman–Crippen LogP) is 2.00. The van der Waals surface area contributed by atoms with Gasteiger partial charge in [0.2, 0.25) is 10.0 Å². The van der Waals surface area contributed by atoms with Gasteiger partial charge in [-0.25, -0.2) is 13.6 Å². The van der Waals surface area contributed by atoms with Gasteiger partial charge in [0.15, 0.2) is 0 Å². The molecule has 0 saturated heterocycles. The molecule has 0 heterocycles. The normalized spacial score (nSPS) is 22.9. The molecule has 5 nitrogen and oxygen atoms in total. The summed E-state index contributed by atoms with van der Waals surface area (Å²) in [6, 6.07) is 5.08. The van der Waals surface area contributed by atoms with Crippen LogP contribution >= 0.6 is 11.8 Å². The Morgan fingerprint density at radius 1 is 1.40 bits per heavy atom. The molecular weight excluding hydrogens is 294 g/mol. The van der Waals surface area contributed by atoms with Gasteiger partial charge in [0, 0.05) is 17.0 Å². The van der Waals surface area contributed by atoms with E-state index in [-0.39, 0.29) is 10.9 Å². The van der Waals surface area contributed by atoms with Gasteiger partial charge in [0.25, 0.3) is 0 Å². The van der Waals surface area contributed by atoms with Crippen molar-refractivity contribution in [3.63, 3.8) is 0 Å². The summed E-state index contributed by atoms with van der Waals surface area (Å²) in [6.45, 7) is 2.14. The zero-order valence-corrected chi connectivity index (χ0v) is 13.1. The lowest BCUT2D eigenvalue weighted by Crippen LogP contribution is -2.27. The lowest BCUT2D eigenvalue weighted by molar-refractivity contribution is 0.598. The van der Waals surface area contributed by atoms with Crippen molar-refractivity contribution in [2.24, 2.45) is 5.14 Å². The molecule has 2 rings (SSSR count).